The zero-order valence-electron chi connectivity index (χ0n) is 8.80. The molecule has 2 N–H and O–H groups in total. The Hall–Kier alpha value is -1.66. The molecule has 1 aliphatic rings. The van der Waals surface area contributed by atoms with Crippen LogP contribution in [0.2, 0.25) is 5.02 Å². The fourth-order valence-electron chi connectivity index (χ4n) is 1.79. The van der Waals surface area contributed by atoms with Gasteiger partial charge in [0, 0.05) is 31.1 Å². The highest BCUT2D eigenvalue weighted by molar-refractivity contribution is 6.34. The zero-order valence-corrected chi connectivity index (χ0v) is 9.55. The van der Waals surface area contributed by atoms with Crippen LogP contribution in [-0.2, 0) is 4.79 Å². The average Bonchev–Trinajstić information content (AvgIpc) is 2.58. The number of rotatable bonds is 2. The lowest BCUT2D eigenvalue weighted by Gasteiger charge is -2.17. The van der Waals surface area contributed by atoms with Gasteiger partial charge in [0.15, 0.2) is 0 Å². The lowest BCUT2D eigenvalue weighted by Crippen LogP contribution is -2.28. The van der Waals surface area contributed by atoms with E-state index in [1.165, 1.54) is 23.1 Å². The second-order valence-corrected chi connectivity index (χ2v) is 4.27. The number of non-ortho nitro benzene ring substituents is 1. The van der Waals surface area contributed by atoms with Crippen LogP contribution in [0.1, 0.15) is 6.42 Å². The predicted octanol–water partition coefficient (Wildman–Crippen LogP) is 1.31. The summed E-state index contributed by atoms with van der Waals surface area (Å²) in [6.07, 6.45) is 0.235. The predicted molar refractivity (Wildman–Crippen MR) is 63.1 cm³/mol. The first-order valence-corrected chi connectivity index (χ1v) is 5.36. The number of anilines is 1. The summed E-state index contributed by atoms with van der Waals surface area (Å²) in [6.45, 7) is 0.333. The first-order chi connectivity index (χ1) is 7.99. The standard InChI is InChI=1S/C10H10ClN3O3/c11-8-2-1-7(14(16)17)4-9(8)13-5-6(12)3-10(13)15/h1-2,4,6H,3,5,12H2. The summed E-state index contributed by atoms with van der Waals surface area (Å²) in [6, 6.07) is 3.74. The Bertz CT molecular complexity index is 492. The van der Waals surface area contributed by atoms with Crippen molar-refractivity contribution in [3.8, 4) is 0 Å². The molecule has 1 heterocycles. The Morgan fingerprint density at radius 2 is 2.24 bits per heavy atom. The highest BCUT2D eigenvalue weighted by Crippen LogP contribution is 2.32. The zero-order chi connectivity index (χ0) is 12.6. The molecular formula is C10H10ClN3O3. The third kappa shape index (κ3) is 2.22. The average molecular weight is 256 g/mol. The van der Waals surface area contributed by atoms with Crippen LogP contribution >= 0.6 is 11.6 Å². The van der Waals surface area contributed by atoms with Crippen LogP contribution in [0.5, 0.6) is 0 Å². The number of nitro benzene ring substituents is 1. The van der Waals surface area contributed by atoms with Crippen LogP contribution in [0.4, 0.5) is 11.4 Å². The number of hydrogen-bond donors (Lipinski definition) is 1. The molecule has 17 heavy (non-hydrogen) atoms. The van der Waals surface area contributed by atoms with Gasteiger partial charge in [-0.25, -0.2) is 0 Å². The summed E-state index contributed by atoms with van der Waals surface area (Å²) >= 11 is 5.94. The maximum Gasteiger partial charge on any atom is 0.271 e. The van der Waals surface area contributed by atoms with E-state index in [2.05, 4.69) is 0 Å². The van der Waals surface area contributed by atoms with Crippen molar-refractivity contribution in [2.24, 2.45) is 5.73 Å². The normalized spacial score (nSPS) is 19.8. The van der Waals surface area contributed by atoms with Crippen LogP contribution in [0, 0.1) is 10.1 Å². The van der Waals surface area contributed by atoms with Gasteiger partial charge in [-0.1, -0.05) is 11.6 Å². The summed E-state index contributed by atoms with van der Waals surface area (Å²) in [4.78, 5) is 23.2. The topological polar surface area (TPSA) is 89.5 Å². The van der Waals surface area contributed by atoms with Gasteiger partial charge >= 0.3 is 0 Å². The second kappa shape index (κ2) is 4.31. The lowest BCUT2D eigenvalue weighted by molar-refractivity contribution is -0.384. The second-order valence-electron chi connectivity index (χ2n) is 3.86. The number of hydrogen-bond acceptors (Lipinski definition) is 4. The monoisotopic (exact) mass is 255 g/mol. The van der Waals surface area contributed by atoms with Gasteiger partial charge < -0.3 is 10.6 Å². The molecule has 0 saturated carbocycles. The van der Waals surface area contributed by atoms with Crippen LogP contribution in [-0.4, -0.2) is 23.4 Å². The van der Waals surface area contributed by atoms with Crippen LogP contribution in [0.15, 0.2) is 18.2 Å². The highest BCUT2D eigenvalue weighted by Gasteiger charge is 2.30. The van der Waals surface area contributed by atoms with Crippen molar-refractivity contribution >= 4 is 28.9 Å². The van der Waals surface area contributed by atoms with Crippen molar-refractivity contribution in [2.75, 3.05) is 11.4 Å². The SMILES string of the molecule is NC1CC(=O)N(c2cc([N+](=O)[O-])ccc2Cl)C1. The van der Waals surface area contributed by atoms with E-state index in [9.17, 15) is 14.9 Å². The Labute approximate surface area is 102 Å². The van der Waals surface area contributed by atoms with Crippen LogP contribution in [0.25, 0.3) is 0 Å². The largest absolute Gasteiger partial charge is 0.326 e. The fraction of sp³-hybridized carbons (Fsp3) is 0.300. The van der Waals surface area contributed by atoms with Gasteiger partial charge in [-0.3, -0.25) is 14.9 Å². The van der Waals surface area contributed by atoms with E-state index >= 15 is 0 Å². The van der Waals surface area contributed by atoms with Crippen molar-refractivity contribution in [1.82, 2.24) is 0 Å². The Balaban J connectivity index is 2.41. The molecule has 1 aromatic carbocycles. The van der Waals surface area contributed by atoms with Crippen molar-refractivity contribution in [2.45, 2.75) is 12.5 Å². The minimum atomic E-state index is -0.527. The van der Waals surface area contributed by atoms with Crippen LogP contribution < -0.4 is 10.6 Å². The summed E-state index contributed by atoms with van der Waals surface area (Å²) < 4.78 is 0. The van der Waals surface area contributed by atoms with Gasteiger partial charge in [0.05, 0.1) is 15.6 Å². The third-order valence-corrected chi connectivity index (χ3v) is 2.91. The van der Waals surface area contributed by atoms with Gasteiger partial charge in [0.25, 0.3) is 5.69 Å². The summed E-state index contributed by atoms with van der Waals surface area (Å²) in [5, 5.41) is 11.0. The smallest absolute Gasteiger partial charge is 0.271 e. The molecule has 1 fully saturated rings. The maximum absolute atomic E-state index is 11.6. The molecule has 2 rings (SSSR count). The first kappa shape index (κ1) is 11.8. The third-order valence-electron chi connectivity index (χ3n) is 2.59. The quantitative estimate of drug-likeness (QED) is 0.637. The highest BCUT2D eigenvalue weighted by atomic mass is 35.5. The Morgan fingerprint density at radius 1 is 1.53 bits per heavy atom. The summed E-state index contributed by atoms with van der Waals surface area (Å²) in [7, 11) is 0. The molecule has 1 aromatic rings. The molecule has 90 valence electrons. The molecule has 1 amide bonds. The molecule has 1 unspecified atom stereocenters. The molecule has 6 nitrogen and oxygen atoms in total. The van der Waals surface area contributed by atoms with Crippen molar-refractivity contribution in [1.29, 1.82) is 0 Å². The first-order valence-electron chi connectivity index (χ1n) is 4.99. The molecule has 0 spiro atoms. The molecule has 0 aromatic heterocycles. The number of nitro groups is 1. The van der Waals surface area contributed by atoms with E-state index in [1.807, 2.05) is 0 Å². The molecule has 1 saturated heterocycles. The number of benzene rings is 1. The molecular weight excluding hydrogens is 246 g/mol. The molecule has 0 aliphatic carbocycles. The maximum atomic E-state index is 11.6. The van der Waals surface area contributed by atoms with Gasteiger partial charge in [-0.15, -0.1) is 0 Å². The Kier molecular flexibility index (Phi) is 2.99. The molecule has 0 bridgehead atoms. The lowest BCUT2D eigenvalue weighted by atomic mass is 10.2. The number of halogens is 1. The van der Waals surface area contributed by atoms with E-state index in [0.29, 0.717) is 17.3 Å². The van der Waals surface area contributed by atoms with E-state index in [4.69, 9.17) is 17.3 Å². The van der Waals surface area contributed by atoms with Crippen LogP contribution in [0.3, 0.4) is 0 Å². The van der Waals surface area contributed by atoms with Crippen molar-refractivity contribution < 1.29 is 9.72 Å². The minimum Gasteiger partial charge on any atom is -0.326 e. The van der Waals surface area contributed by atoms with Crippen molar-refractivity contribution in [3.63, 3.8) is 0 Å². The molecule has 0 radical (unpaired) electrons. The number of carbonyl (C=O) groups is 1. The van der Waals surface area contributed by atoms with E-state index < -0.39 is 4.92 Å². The Morgan fingerprint density at radius 3 is 2.76 bits per heavy atom. The van der Waals surface area contributed by atoms with Gasteiger partial charge in [-0.05, 0) is 6.07 Å². The van der Waals surface area contributed by atoms with Crippen molar-refractivity contribution in [3.05, 3.63) is 33.3 Å². The molecule has 7 heteroatoms. The number of nitrogens with zero attached hydrogens (tertiary/aromatic N) is 2. The number of amides is 1. The fourth-order valence-corrected chi connectivity index (χ4v) is 2.01. The molecule has 1 atom stereocenters. The van der Waals surface area contributed by atoms with Gasteiger partial charge in [0.1, 0.15) is 0 Å². The van der Waals surface area contributed by atoms with E-state index in [-0.39, 0.29) is 24.1 Å². The number of nitrogens with two attached hydrogens (primary N) is 1. The summed E-state index contributed by atoms with van der Waals surface area (Å²) in [5.74, 6) is -0.167. The number of carbonyl (C=O) groups excluding carboxylic acids is 1. The molecule has 1 aliphatic heterocycles. The summed E-state index contributed by atoms with van der Waals surface area (Å²) in [5.41, 5.74) is 5.91. The van der Waals surface area contributed by atoms with E-state index in [0.717, 1.165) is 0 Å². The minimum absolute atomic E-state index is 0.0994. The van der Waals surface area contributed by atoms with Gasteiger partial charge in [0.2, 0.25) is 5.91 Å². The van der Waals surface area contributed by atoms with E-state index in [1.54, 1.807) is 0 Å². The van der Waals surface area contributed by atoms with Gasteiger partial charge in [-0.2, -0.15) is 0 Å².